The largest absolute Gasteiger partial charge is 0.480 e. The van der Waals surface area contributed by atoms with E-state index in [9.17, 15) is 0 Å². The van der Waals surface area contributed by atoms with Crippen molar-refractivity contribution >= 4 is 0 Å². The number of hydrogen-bond donors (Lipinski definition) is 1. The molecular weight excluding hydrogens is 250 g/mol. The summed E-state index contributed by atoms with van der Waals surface area (Å²) < 4.78 is 5.35. The van der Waals surface area contributed by atoms with E-state index in [1.165, 1.54) is 11.1 Å². The normalized spacial score (nSPS) is 12.2. The fourth-order valence-electron chi connectivity index (χ4n) is 2.24. The van der Waals surface area contributed by atoms with E-state index in [1.54, 1.807) is 19.5 Å². The van der Waals surface area contributed by atoms with Gasteiger partial charge in [-0.05, 0) is 31.0 Å². The Labute approximate surface area is 120 Å². The number of ether oxygens (including phenoxy) is 1. The van der Waals surface area contributed by atoms with Crippen LogP contribution < -0.4 is 10.1 Å². The molecule has 0 radical (unpaired) electrons. The van der Waals surface area contributed by atoms with Crippen molar-refractivity contribution in [2.24, 2.45) is 0 Å². The van der Waals surface area contributed by atoms with Gasteiger partial charge in [-0.25, -0.2) is 4.98 Å². The molecular formula is C16H21N3O. The lowest BCUT2D eigenvalue weighted by atomic mass is 9.98. The molecule has 1 aromatic carbocycles. The molecule has 2 aromatic rings. The molecule has 0 saturated heterocycles. The Morgan fingerprint density at radius 3 is 2.65 bits per heavy atom. The minimum Gasteiger partial charge on any atom is -0.480 e. The third kappa shape index (κ3) is 3.14. The van der Waals surface area contributed by atoms with Crippen LogP contribution in [0.3, 0.4) is 0 Å². The molecule has 0 aliphatic carbocycles. The minimum absolute atomic E-state index is 0.000185. The van der Waals surface area contributed by atoms with Crippen molar-refractivity contribution in [1.29, 1.82) is 0 Å². The third-order valence-corrected chi connectivity index (χ3v) is 3.26. The Morgan fingerprint density at radius 1 is 1.20 bits per heavy atom. The SMILES string of the molecule is CCCNC(c1ccccc1C)c1nccnc1OC. The highest BCUT2D eigenvalue weighted by Crippen LogP contribution is 2.28. The van der Waals surface area contributed by atoms with E-state index in [0.717, 1.165) is 18.7 Å². The number of hydrogen-bond acceptors (Lipinski definition) is 4. The summed E-state index contributed by atoms with van der Waals surface area (Å²) >= 11 is 0. The van der Waals surface area contributed by atoms with E-state index < -0.39 is 0 Å². The standard InChI is InChI=1S/C16H21N3O/c1-4-9-17-14(13-8-6-5-7-12(13)2)15-16(20-3)19-11-10-18-15/h5-8,10-11,14,17H,4,9H2,1-3H3. The quantitative estimate of drug-likeness (QED) is 0.877. The van der Waals surface area contributed by atoms with Gasteiger partial charge in [0, 0.05) is 12.4 Å². The molecule has 0 fully saturated rings. The molecule has 0 amide bonds. The first kappa shape index (κ1) is 14.5. The van der Waals surface area contributed by atoms with Crippen LogP contribution in [0, 0.1) is 6.92 Å². The zero-order valence-electron chi connectivity index (χ0n) is 12.3. The van der Waals surface area contributed by atoms with Crippen molar-refractivity contribution in [3.8, 4) is 5.88 Å². The summed E-state index contributed by atoms with van der Waals surface area (Å²) in [6.45, 7) is 5.17. The van der Waals surface area contributed by atoms with Crippen LogP contribution in [0.4, 0.5) is 0 Å². The highest BCUT2D eigenvalue weighted by molar-refractivity contribution is 5.37. The highest BCUT2D eigenvalue weighted by atomic mass is 16.5. The lowest BCUT2D eigenvalue weighted by Crippen LogP contribution is -2.25. The first-order chi connectivity index (χ1) is 9.77. The van der Waals surface area contributed by atoms with E-state index in [4.69, 9.17) is 4.74 Å². The summed E-state index contributed by atoms with van der Waals surface area (Å²) in [6, 6.07) is 8.32. The second kappa shape index (κ2) is 7.01. The second-order valence-corrected chi connectivity index (χ2v) is 4.69. The Kier molecular flexibility index (Phi) is 5.07. The summed E-state index contributed by atoms with van der Waals surface area (Å²) in [7, 11) is 1.63. The van der Waals surface area contributed by atoms with E-state index in [-0.39, 0.29) is 6.04 Å². The monoisotopic (exact) mass is 271 g/mol. The highest BCUT2D eigenvalue weighted by Gasteiger charge is 2.21. The van der Waals surface area contributed by atoms with Gasteiger partial charge >= 0.3 is 0 Å². The number of aromatic nitrogens is 2. The molecule has 1 aromatic heterocycles. The molecule has 2 rings (SSSR count). The first-order valence-electron chi connectivity index (χ1n) is 6.91. The van der Waals surface area contributed by atoms with Gasteiger partial charge in [0.25, 0.3) is 0 Å². The molecule has 0 aliphatic rings. The lowest BCUT2D eigenvalue weighted by Gasteiger charge is -2.21. The molecule has 20 heavy (non-hydrogen) atoms. The van der Waals surface area contributed by atoms with Gasteiger partial charge in [0.05, 0.1) is 13.2 Å². The van der Waals surface area contributed by atoms with E-state index >= 15 is 0 Å². The van der Waals surface area contributed by atoms with Crippen LogP contribution in [0.15, 0.2) is 36.7 Å². The predicted molar refractivity (Wildman–Crippen MR) is 79.9 cm³/mol. The zero-order valence-corrected chi connectivity index (χ0v) is 12.3. The first-order valence-corrected chi connectivity index (χ1v) is 6.91. The maximum atomic E-state index is 5.35. The second-order valence-electron chi connectivity index (χ2n) is 4.69. The number of nitrogens with zero attached hydrogens (tertiary/aromatic N) is 2. The van der Waals surface area contributed by atoms with Gasteiger partial charge in [-0.2, -0.15) is 0 Å². The number of methoxy groups -OCH3 is 1. The maximum absolute atomic E-state index is 5.35. The zero-order chi connectivity index (χ0) is 14.4. The molecule has 1 heterocycles. The minimum atomic E-state index is -0.000185. The Balaban J connectivity index is 2.44. The van der Waals surface area contributed by atoms with Gasteiger partial charge in [-0.3, -0.25) is 4.98 Å². The molecule has 4 nitrogen and oxygen atoms in total. The smallest absolute Gasteiger partial charge is 0.237 e. The number of nitrogens with one attached hydrogen (secondary N) is 1. The molecule has 4 heteroatoms. The van der Waals surface area contributed by atoms with Crippen LogP contribution in [0.1, 0.15) is 36.2 Å². The average Bonchev–Trinajstić information content (AvgIpc) is 2.49. The summed E-state index contributed by atoms with van der Waals surface area (Å²) in [4.78, 5) is 8.73. The van der Waals surface area contributed by atoms with Crippen molar-refractivity contribution in [2.45, 2.75) is 26.3 Å². The fourth-order valence-corrected chi connectivity index (χ4v) is 2.24. The Morgan fingerprint density at radius 2 is 1.95 bits per heavy atom. The maximum Gasteiger partial charge on any atom is 0.237 e. The van der Waals surface area contributed by atoms with Crippen molar-refractivity contribution < 1.29 is 4.74 Å². The number of benzene rings is 1. The summed E-state index contributed by atoms with van der Waals surface area (Å²) in [5.41, 5.74) is 3.27. The van der Waals surface area contributed by atoms with Crippen LogP contribution in [0.2, 0.25) is 0 Å². The van der Waals surface area contributed by atoms with E-state index in [1.807, 2.05) is 12.1 Å². The van der Waals surface area contributed by atoms with Gasteiger partial charge in [-0.15, -0.1) is 0 Å². The van der Waals surface area contributed by atoms with E-state index in [2.05, 4.69) is 41.3 Å². The molecule has 1 atom stereocenters. The molecule has 1 unspecified atom stereocenters. The van der Waals surface area contributed by atoms with Crippen molar-refractivity contribution in [3.63, 3.8) is 0 Å². The van der Waals surface area contributed by atoms with Gasteiger partial charge in [-0.1, -0.05) is 31.2 Å². The molecule has 106 valence electrons. The topological polar surface area (TPSA) is 47.0 Å². The van der Waals surface area contributed by atoms with Crippen LogP contribution in [0.25, 0.3) is 0 Å². The van der Waals surface area contributed by atoms with Crippen molar-refractivity contribution in [1.82, 2.24) is 15.3 Å². The Bertz CT molecular complexity index is 557. The Hall–Kier alpha value is -1.94. The molecule has 0 saturated carbocycles. The van der Waals surface area contributed by atoms with Gasteiger partial charge < -0.3 is 10.1 Å². The van der Waals surface area contributed by atoms with Gasteiger partial charge in [0.2, 0.25) is 5.88 Å². The van der Waals surface area contributed by atoms with Gasteiger partial charge in [0.15, 0.2) is 0 Å². The number of rotatable bonds is 6. The van der Waals surface area contributed by atoms with Crippen molar-refractivity contribution in [3.05, 3.63) is 53.5 Å². The third-order valence-electron chi connectivity index (χ3n) is 3.26. The number of aryl methyl sites for hydroxylation is 1. The predicted octanol–water partition coefficient (Wildman–Crippen LogP) is 2.88. The van der Waals surface area contributed by atoms with Crippen molar-refractivity contribution in [2.75, 3.05) is 13.7 Å². The molecule has 0 aliphatic heterocycles. The fraction of sp³-hybridized carbons (Fsp3) is 0.375. The van der Waals surface area contributed by atoms with Crippen LogP contribution >= 0.6 is 0 Å². The molecule has 0 bridgehead atoms. The van der Waals surface area contributed by atoms with E-state index in [0.29, 0.717) is 5.88 Å². The summed E-state index contributed by atoms with van der Waals surface area (Å²) in [5, 5.41) is 3.54. The van der Waals surface area contributed by atoms with Gasteiger partial charge in [0.1, 0.15) is 5.69 Å². The summed E-state index contributed by atoms with van der Waals surface area (Å²) in [5.74, 6) is 0.573. The average molecular weight is 271 g/mol. The lowest BCUT2D eigenvalue weighted by molar-refractivity contribution is 0.382. The molecule has 0 spiro atoms. The summed E-state index contributed by atoms with van der Waals surface area (Å²) in [6.07, 6.45) is 4.42. The van der Waals surface area contributed by atoms with Crippen LogP contribution in [-0.2, 0) is 0 Å². The van der Waals surface area contributed by atoms with Crippen LogP contribution in [-0.4, -0.2) is 23.6 Å². The molecule has 1 N–H and O–H groups in total. The van der Waals surface area contributed by atoms with Crippen LogP contribution in [0.5, 0.6) is 5.88 Å².